The van der Waals surface area contributed by atoms with Gasteiger partial charge in [0.1, 0.15) is 0 Å². The molecule has 0 amide bonds. The van der Waals surface area contributed by atoms with Crippen molar-refractivity contribution in [1.82, 2.24) is 0 Å². The second-order valence-electron chi connectivity index (χ2n) is 6.82. The molecule has 2 aromatic rings. The summed E-state index contributed by atoms with van der Waals surface area (Å²) in [6.07, 6.45) is 5.55. The molecule has 24 heavy (non-hydrogen) atoms. The lowest BCUT2D eigenvalue weighted by Crippen LogP contribution is -2.30. The molecular weight excluding hydrogens is 300 g/mol. The first-order valence-corrected chi connectivity index (χ1v) is 8.34. The van der Waals surface area contributed by atoms with Gasteiger partial charge in [0.2, 0.25) is 0 Å². The Morgan fingerprint density at radius 2 is 1.96 bits per heavy atom. The van der Waals surface area contributed by atoms with Gasteiger partial charge < -0.3 is 5.32 Å². The van der Waals surface area contributed by atoms with Crippen molar-refractivity contribution in [3.05, 3.63) is 80.9 Å². The van der Waals surface area contributed by atoms with E-state index in [9.17, 15) is 10.1 Å². The maximum absolute atomic E-state index is 11.1. The van der Waals surface area contributed by atoms with Crippen molar-refractivity contribution in [2.24, 2.45) is 5.92 Å². The monoisotopic (exact) mass is 320 g/mol. The Hall–Kier alpha value is -2.62. The Labute approximate surface area is 141 Å². The highest BCUT2D eigenvalue weighted by Gasteiger charge is 2.39. The molecule has 0 saturated carbocycles. The highest BCUT2D eigenvalue weighted by molar-refractivity contribution is 5.66. The lowest BCUT2D eigenvalue weighted by molar-refractivity contribution is -0.384. The van der Waals surface area contributed by atoms with Crippen molar-refractivity contribution >= 4 is 11.4 Å². The third-order valence-corrected chi connectivity index (χ3v) is 5.39. The minimum absolute atomic E-state index is 0.0953. The van der Waals surface area contributed by atoms with E-state index in [4.69, 9.17) is 0 Å². The minimum Gasteiger partial charge on any atom is -0.377 e. The smallest absolute Gasteiger partial charge is 0.269 e. The fraction of sp³-hybridized carbons (Fsp3) is 0.300. The highest BCUT2D eigenvalue weighted by atomic mass is 16.6. The molecule has 1 N–H and O–H groups in total. The first kappa shape index (κ1) is 14.9. The fourth-order valence-corrected chi connectivity index (χ4v) is 4.20. The zero-order chi connectivity index (χ0) is 16.8. The summed E-state index contributed by atoms with van der Waals surface area (Å²) in [6, 6.07) is 11.5. The zero-order valence-electron chi connectivity index (χ0n) is 13.8. The van der Waals surface area contributed by atoms with Crippen LogP contribution in [0.2, 0.25) is 0 Å². The maximum Gasteiger partial charge on any atom is 0.269 e. The van der Waals surface area contributed by atoms with E-state index in [1.165, 1.54) is 22.4 Å². The molecule has 2 aliphatic rings. The third-order valence-electron chi connectivity index (χ3n) is 5.39. The lowest BCUT2D eigenvalue weighted by Gasteiger charge is -2.39. The number of nitrogens with one attached hydrogen (secondary N) is 1. The number of aryl methyl sites for hydroxylation is 2. The van der Waals surface area contributed by atoms with E-state index in [0.29, 0.717) is 11.8 Å². The van der Waals surface area contributed by atoms with E-state index in [-0.39, 0.29) is 16.7 Å². The first-order valence-electron chi connectivity index (χ1n) is 8.34. The summed E-state index contributed by atoms with van der Waals surface area (Å²) in [6.45, 7) is 4.28. The van der Waals surface area contributed by atoms with Gasteiger partial charge in [0, 0.05) is 23.7 Å². The van der Waals surface area contributed by atoms with E-state index in [0.717, 1.165) is 12.0 Å². The molecule has 2 aromatic carbocycles. The van der Waals surface area contributed by atoms with E-state index in [1.807, 2.05) is 6.07 Å². The molecule has 0 spiro atoms. The molecule has 4 rings (SSSR count). The van der Waals surface area contributed by atoms with Crippen LogP contribution in [0.1, 0.15) is 40.6 Å². The molecule has 3 atom stereocenters. The molecule has 0 saturated heterocycles. The average Bonchev–Trinajstić information content (AvgIpc) is 3.06. The van der Waals surface area contributed by atoms with Crippen LogP contribution < -0.4 is 5.32 Å². The van der Waals surface area contributed by atoms with Gasteiger partial charge in [-0.1, -0.05) is 36.4 Å². The van der Waals surface area contributed by atoms with Crippen molar-refractivity contribution in [2.45, 2.75) is 32.2 Å². The number of hydrogen-bond acceptors (Lipinski definition) is 3. The van der Waals surface area contributed by atoms with Gasteiger partial charge in [0.15, 0.2) is 0 Å². The molecule has 0 unspecified atom stereocenters. The number of rotatable bonds is 2. The SMILES string of the molecule is Cc1ccc(C)c2c1N[C@@H](c1cccc([N+](=O)[O-])c1)[C@H]1CC=C[C@@H]21. The second kappa shape index (κ2) is 5.48. The second-order valence-corrected chi connectivity index (χ2v) is 6.82. The molecule has 4 nitrogen and oxygen atoms in total. The molecule has 122 valence electrons. The van der Waals surface area contributed by atoms with Gasteiger partial charge in [0.25, 0.3) is 5.69 Å². The Morgan fingerprint density at radius 3 is 2.75 bits per heavy atom. The van der Waals surface area contributed by atoms with Crippen LogP contribution in [0.4, 0.5) is 11.4 Å². The average molecular weight is 320 g/mol. The van der Waals surface area contributed by atoms with Crippen LogP contribution in [-0.4, -0.2) is 4.92 Å². The van der Waals surface area contributed by atoms with Gasteiger partial charge in [-0.25, -0.2) is 0 Å². The minimum atomic E-state index is -0.319. The molecule has 0 bridgehead atoms. The van der Waals surface area contributed by atoms with Crippen LogP contribution in [0.5, 0.6) is 0 Å². The number of nitro benzene ring substituents is 1. The summed E-state index contributed by atoms with van der Waals surface area (Å²) < 4.78 is 0. The number of anilines is 1. The summed E-state index contributed by atoms with van der Waals surface area (Å²) in [4.78, 5) is 10.8. The number of allylic oxidation sites excluding steroid dienone is 2. The molecule has 0 fully saturated rings. The standard InChI is InChI=1S/C20H20N2O2/c1-12-9-10-13(2)19-18(12)16-7-4-8-17(16)20(21-19)14-5-3-6-15(11-14)22(23)24/h3-7,9-11,16-17,20-21H,8H2,1-2H3/t16-,17+,20+/m1/s1. The Balaban J connectivity index is 1.83. The third kappa shape index (κ3) is 2.21. The summed E-state index contributed by atoms with van der Waals surface area (Å²) in [5.74, 6) is 0.783. The van der Waals surface area contributed by atoms with E-state index in [1.54, 1.807) is 18.2 Å². The van der Waals surface area contributed by atoms with Gasteiger partial charge in [-0.3, -0.25) is 10.1 Å². The van der Waals surface area contributed by atoms with Crippen LogP contribution in [0.25, 0.3) is 0 Å². The number of nitro groups is 1. The van der Waals surface area contributed by atoms with Gasteiger partial charge in [-0.2, -0.15) is 0 Å². The normalized spacial score (nSPS) is 24.2. The summed E-state index contributed by atoms with van der Waals surface area (Å²) in [5, 5.41) is 14.8. The fourth-order valence-electron chi connectivity index (χ4n) is 4.20. The molecular formula is C20H20N2O2. The molecule has 1 aliphatic heterocycles. The Morgan fingerprint density at radius 1 is 1.17 bits per heavy atom. The van der Waals surface area contributed by atoms with Crippen molar-refractivity contribution in [1.29, 1.82) is 0 Å². The van der Waals surface area contributed by atoms with Crippen LogP contribution in [0.3, 0.4) is 0 Å². The topological polar surface area (TPSA) is 55.2 Å². The molecule has 0 radical (unpaired) electrons. The Kier molecular flexibility index (Phi) is 3.41. The van der Waals surface area contributed by atoms with Crippen molar-refractivity contribution in [3.8, 4) is 0 Å². The maximum atomic E-state index is 11.1. The van der Waals surface area contributed by atoms with Crippen LogP contribution in [0, 0.1) is 29.9 Å². The van der Waals surface area contributed by atoms with Gasteiger partial charge in [0.05, 0.1) is 11.0 Å². The largest absolute Gasteiger partial charge is 0.377 e. The van der Waals surface area contributed by atoms with Crippen LogP contribution in [-0.2, 0) is 0 Å². The van der Waals surface area contributed by atoms with Gasteiger partial charge in [-0.05, 0) is 48.4 Å². The van der Waals surface area contributed by atoms with E-state index in [2.05, 4.69) is 43.4 Å². The van der Waals surface area contributed by atoms with Gasteiger partial charge in [-0.15, -0.1) is 0 Å². The van der Waals surface area contributed by atoms with Crippen molar-refractivity contribution in [2.75, 3.05) is 5.32 Å². The number of hydrogen-bond donors (Lipinski definition) is 1. The lowest BCUT2D eigenvalue weighted by atomic mass is 9.75. The van der Waals surface area contributed by atoms with Crippen LogP contribution in [0.15, 0.2) is 48.6 Å². The number of non-ortho nitro benzene ring substituents is 1. The van der Waals surface area contributed by atoms with E-state index < -0.39 is 0 Å². The highest BCUT2D eigenvalue weighted by Crippen LogP contribution is 2.51. The summed E-state index contributed by atoms with van der Waals surface area (Å²) >= 11 is 0. The number of benzene rings is 2. The summed E-state index contributed by atoms with van der Waals surface area (Å²) in [7, 11) is 0. The Bertz CT molecular complexity index is 857. The molecule has 0 aromatic heterocycles. The van der Waals surface area contributed by atoms with Crippen molar-refractivity contribution in [3.63, 3.8) is 0 Å². The summed E-state index contributed by atoms with van der Waals surface area (Å²) in [5.41, 5.74) is 6.26. The molecule has 1 aliphatic carbocycles. The first-order chi connectivity index (χ1) is 11.6. The number of nitrogens with zero attached hydrogens (tertiary/aromatic N) is 1. The zero-order valence-corrected chi connectivity index (χ0v) is 13.8. The molecule has 1 heterocycles. The van der Waals surface area contributed by atoms with Crippen molar-refractivity contribution < 1.29 is 4.92 Å². The predicted molar refractivity (Wildman–Crippen MR) is 95.4 cm³/mol. The van der Waals surface area contributed by atoms with E-state index >= 15 is 0 Å². The van der Waals surface area contributed by atoms with Crippen LogP contribution >= 0.6 is 0 Å². The predicted octanol–water partition coefficient (Wildman–Crippen LogP) is 5.04. The van der Waals surface area contributed by atoms with Gasteiger partial charge >= 0.3 is 0 Å². The molecule has 4 heteroatoms. The quantitative estimate of drug-likeness (QED) is 0.479. The number of fused-ring (bicyclic) bond motifs is 3.